The molecule has 0 aliphatic carbocycles. The fourth-order valence-electron chi connectivity index (χ4n) is 2.04. The van der Waals surface area contributed by atoms with E-state index >= 15 is 0 Å². The summed E-state index contributed by atoms with van der Waals surface area (Å²) in [4.78, 5) is 11.9. The van der Waals surface area contributed by atoms with Gasteiger partial charge < -0.3 is 10.1 Å². The molecule has 2 N–H and O–H groups in total. The molecule has 1 aromatic rings. The maximum absolute atomic E-state index is 11.9. The lowest BCUT2D eigenvalue weighted by molar-refractivity contribution is -0.122. The summed E-state index contributed by atoms with van der Waals surface area (Å²) in [5.74, 6) is 2.67. The van der Waals surface area contributed by atoms with Crippen molar-refractivity contribution in [2.24, 2.45) is 0 Å². The Hall–Kier alpha value is -1.20. The zero-order valence-electron chi connectivity index (χ0n) is 12.0. The summed E-state index contributed by atoms with van der Waals surface area (Å²) in [5, 5.41) is 6.14. The predicted molar refractivity (Wildman–Crippen MR) is 83.1 cm³/mol. The average molecular weight is 294 g/mol. The maximum Gasteiger partial charge on any atom is 0.238 e. The Bertz CT molecular complexity index is 447. The van der Waals surface area contributed by atoms with Crippen molar-refractivity contribution >= 4 is 17.7 Å². The van der Waals surface area contributed by atoms with Gasteiger partial charge in [-0.05, 0) is 25.0 Å². The van der Waals surface area contributed by atoms with Gasteiger partial charge in [0, 0.05) is 11.6 Å². The topological polar surface area (TPSA) is 50.4 Å². The standard InChI is InChI=1S/C15H22N2O2S/c1-3-12(19-14-7-5-4-6-11(14)2)8-16-15(18)13-9-20-10-17-13/h4-7,12-13,17H,3,8-10H2,1-2H3,(H,16,18)/t12-,13-/m1/s1. The molecule has 1 aliphatic rings. The van der Waals surface area contributed by atoms with Gasteiger partial charge in [-0.2, -0.15) is 0 Å². The van der Waals surface area contributed by atoms with E-state index in [1.54, 1.807) is 11.8 Å². The van der Waals surface area contributed by atoms with Crippen molar-refractivity contribution in [3.8, 4) is 5.75 Å². The van der Waals surface area contributed by atoms with Crippen LogP contribution in [0.3, 0.4) is 0 Å². The van der Waals surface area contributed by atoms with E-state index in [9.17, 15) is 4.79 Å². The summed E-state index contributed by atoms with van der Waals surface area (Å²) < 4.78 is 5.97. The number of rotatable bonds is 6. The lowest BCUT2D eigenvalue weighted by atomic mass is 10.2. The van der Waals surface area contributed by atoms with Crippen molar-refractivity contribution in [1.29, 1.82) is 0 Å². The third kappa shape index (κ3) is 4.15. The molecule has 1 fully saturated rings. The molecule has 2 atom stereocenters. The van der Waals surface area contributed by atoms with Crippen molar-refractivity contribution in [1.82, 2.24) is 10.6 Å². The van der Waals surface area contributed by atoms with Crippen LogP contribution in [0.5, 0.6) is 5.75 Å². The van der Waals surface area contributed by atoms with Gasteiger partial charge in [0.05, 0.1) is 12.6 Å². The largest absolute Gasteiger partial charge is 0.488 e. The van der Waals surface area contributed by atoms with E-state index in [0.29, 0.717) is 6.54 Å². The molecular formula is C15H22N2O2S. The molecule has 1 amide bonds. The Kier molecular flexibility index (Phi) is 5.73. The highest BCUT2D eigenvalue weighted by atomic mass is 32.2. The smallest absolute Gasteiger partial charge is 0.238 e. The van der Waals surface area contributed by atoms with Crippen molar-refractivity contribution < 1.29 is 9.53 Å². The van der Waals surface area contributed by atoms with E-state index in [2.05, 4.69) is 17.6 Å². The van der Waals surface area contributed by atoms with Crippen molar-refractivity contribution in [2.75, 3.05) is 18.2 Å². The lowest BCUT2D eigenvalue weighted by Gasteiger charge is -2.20. The SMILES string of the molecule is CC[C@H](CNC(=O)[C@H]1CSCN1)Oc1ccccc1C. The molecule has 1 aromatic carbocycles. The minimum Gasteiger partial charge on any atom is -0.488 e. The molecule has 0 aromatic heterocycles. The van der Waals surface area contributed by atoms with E-state index < -0.39 is 0 Å². The van der Waals surface area contributed by atoms with E-state index in [1.165, 1.54) is 0 Å². The molecule has 1 aliphatic heterocycles. The Labute approximate surface area is 124 Å². The number of aryl methyl sites for hydroxylation is 1. The highest BCUT2D eigenvalue weighted by Gasteiger charge is 2.23. The van der Waals surface area contributed by atoms with Crippen LogP contribution in [-0.4, -0.2) is 36.2 Å². The number of hydrogen-bond donors (Lipinski definition) is 2. The van der Waals surface area contributed by atoms with Crippen LogP contribution in [0, 0.1) is 6.92 Å². The second-order valence-electron chi connectivity index (χ2n) is 4.93. The van der Waals surface area contributed by atoms with E-state index in [1.807, 2.05) is 31.2 Å². The van der Waals surface area contributed by atoms with Gasteiger partial charge in [0.1, 0.15) is 11.9 Å². The van der Waals surface area contributed by atoms with Gasteiger partial charge in [-0.15, -0.1) is 11.8 Å². The fourth-order valence-corrected chi connectivity index (χ4v) is 2.98. The average Bonchev–Trinajstić information content (AvgIpc) is 2.99. The van der Waals surface area contributed by atoms with Crippen molar-refractivity contribution in [3.05, 3.63) is 29.8 Å². The number of amides is 1. The molecule has 0 radical (unpaired) electrons. The van der Waals surface area contributed by atoms with Crippen molar-refractivity contribution in [3.63, 3.8) is 0 Å². The van der Waals surface area contributed by atoms with Crippen LogP contribution >= 0.6 is 11.8 Å². The minimum absolute atomic E-state index is 0.00843. The highest BCUT2D eigenvalue weighted by Crippen LogP contribution is 2.18. The zero-order valence-corrected chi connectivity index (χ0v) is 12.8. The molecule has 0 saturated carbocycles. The summed E-state index contributed by atoms with van der Waals surface area (Å²) in [7, 11) is 0. The first-order valence-electron chi connectivity index (χ1n) is 7.01. The quantitative estimate of drug-likeness (QED) is 0.842. The first kappa shape index (κ1) is 15.2. The monoisotopic (exact) mass is 294 g/mol. The molecule has 110 valence electrons. The third-order valence-corrected chi connectivity index (χ3v) is 4.32. The molecule has 5 heteroatoms. The Balaban J connectivity index is 1.83. The van der Waals surface area contributed by atoms with E-state index in [-0.39, 0.29) is 18.1 Å². The normalized spacial score (nSPS) is 19.6. The van der Waals surface area contributed by atoms with Crippen LogP contribution in [0.4, 0.5) is 0 Å². The second-order valence-corrected chi connectivity index (χ2v) is 5.96. The molecule has 0 bridgehead atoms. The Morgan fingerprint density at radius 2 is 2.35 bits per heavy atom. The van der Waals surface area contributed by atoms with Gasteiger partial charge in [0.2, 0.25) is 5.91 Å². The third-order valence-electron chi connectivity index (χ3n) is 3.38. The molecule has 20 heavy (non-hydrogen) atoms. The Morgan fingerprint density at radius 1 is 1.55 bits per heavy atom. The maximum atomic E-state index is 11.9. The van der Waals surface area contributed by atoms with Crippen LogP contribution in [0.2, 0.25) is 0 Å². The van der Waals surface area contributed by atoms with Crippen molar-refractivity contribution in [2.45, 2.75) is 32.4 Å². The predicted octanol–water partition coefficient (Wildman–Crippen LogP) is 1.93. The highest BCUT2D eigenvalue weighted by molar-refractivity contribution is 7.99. The molecule has 1 saturated heterocycles. The minimum atomic E-state index is -0.0593. The van der Waals surface area contributed by atoms with Crippen LogP contribution in [0.1, 0.15) is 18.9 Å². The number of nitrogens with one attached hydrogen (secondary N) is 2. The first-order valence-corrected chi connectivity index (χ1v) is 8.17. The molecule has 0 spiro atoms. The molecule has 0 unspecified atom stereocenters. The number of thioether (sulfide) groups is 1. The lowest BCUT2D eigenvalue weighted by Crippen LogP contribution is -2.45. The van der Waals surface area contributed by atoms with Crippen LogP contribution in [0.15, 0.2) is 24.3 Å². The van der Waals surface area contributed by atoms with E-state index in [0.717, 1.165) is 29.4 Å². The van der Waals surface area contributed by atoms with Gasteiger partial charge >= 0.3 is 0 Å². The van der Waals surface area contributed by atoms with Gasteiger partial charge in [0.15, 0.2) is 0 Å². The summed E-state index contributed by atoms with van der Waals surface area (Å²) >= 11 is 1.75. The molecule has 2 rings (SSSR count). The number of ether oxygens (including phenoxy) is 1. The zero-order chi connectivity index (χ0) is 14.4. The van der Waals surface area contributed by atoms with Gasteiger partial charge in [-0.25, -0.2) is 0 Å². The first-order chi connectivity index (χ1) is 9.70. The molecular weight excluding hydrogens is 272 g/mol. The van der Waals surface area contributed by atoms with Gasteiger partial charge in [0.25, 0.3) is 0 Å². The number of benzene rings is 1. The summed E-state index contributed by atoms with van der Waals surface area (Å²) in [5.41, 5.74) is 1.12. The van der Waals surface area contributed by atoms with Gasteiger partial charge in [-0.3, -0.25) is 10.1 Å². The number of para-hydroxylation sites is 1. The summed E-state index contributed by atoms with van der Waals surface area (Å²) in [6.07, 6.45) is 0.871. The van der Waals surface area contributed by atoms with E-state index in [4.69, 9.17) is 4.74 Å². The second kappa shape index (κ2) is 7.55. The number of hydrogen-bond acceptors (Lipinski definition) is 4. The van der Waals surface area contributed by atoms with Crippen LogP contribution in [-0.2, 0) is 4.79 Å². The van der Waals surface area contributed by atoms with Crippen LogP contribution < -0.4 is 15.4 Å². The number of carbonyl (C=O) groups excluding carboxylic acids is 1. The summed E-state index contributed by atoms with van der Waals surface area (Å²) in [6, 6.07) is 7.90. The molecule has 1 heterocycles. The summed E-state index contributed by atoms with van der Waals surface area (Å²) in [6.45, 7) is 4.64. The molecule has 4 nitrogen and oxygen atoms in total. The Morgan fingerprint density at radius 3 is 3.00 bits per heavy atom. The van der Waals surface area contributed by atoms with Gasteiger partial charge in [-0.1, -0.05) is 25.1 Å². The number of carbonyl (C=O) groups is 1. The fraction of sp³-hybridized carbons (Fsp3) is 0.533. The van der Waals surface area contributed by atoms with Crippen LogP contribution in [0.25, 0.3) is 0 Å².